The lowest BCUT2D eigenvalue weighted by molar-refractivity contribution is 0.0981. The Morgan fingerprint density at radius 2 is 2.14 bits per heavy atom. The standard InChI is InChI=1S/C12H26N2/c1-10(2)9-12-11(6-7-13)5-4-8-14(12)3/h10-12H,4-9,13H2,1-3H3. The van der Waals surface area contributed by atoms with E-state index in [1.54, 1.807) is 0 Å². The van der Waals surface area contributed by atoms with Gasteiger partial charge in [0.1, 0.15) is 0 Å². The van der Waals surface area contributed by atoms with E-state index >= 15 is 0 Å². The molecule has 0 aromatic carbocycles. The Bertz CT molecular complexity index is 154. The van der Waals surface area contributed by atoms with Crippen molar-refractivity contribution in [3.63, 3.8) is 0 Å². The second-order valence-corrected chi connectivity index (χ2v) is 5.16. The van der Waals surface area contributed by atoms with Crippen molar-refractivity contribution in [2.75, 3.05) is 20.1 Å². The van der Waals surface area contributed by atoms with Gasteiger partial charge >= 0.3 is 0 Å². The highest BCUT2D eigenvalue weighted by Crippen LogP contribution is 2.29. The highest BCUT2D eigenvalue weighted by atomic mass is 15.1. The monoisotopic (exact) mass is 198 g/mol. The van der Waals surface area contributed by atoms with Gasteiger partial charge in [-0.3, -0.25) is 0 Å². The average molecular weight is 198 g/mol. The van der Waals surface area contributed by atoms with E-state index in [-0.39, 0.29) is 0 Å². The van der Waals surface area contributed by atoms with Gasteiger partial charge in [-0.05, 0) is 57.7 Å². The summed E-state index contributed by atoms with van der Waals surface area (Å²) >= 11 is 0. The molecule has 1 fully saturated rings. The molecule has 0 aromatic rings. The molecule has 14 heavy (non-hydrogen) atoms. The van der Waals surface area contributed by atoms with E-state index in [9.17, 15) is 0 Å². The summed E-state index contributed by atoms with van der Waals surface area (Å²) in [5, 5.41) is 0. The molecule has 2 N–H and O–H groups in total. The summed E-state index contributed by atoms with van der Waals surface area (Å²) in [5.74, 6) is 1.65. The summed E-state index contributed by atoms with van der Waals surface area (Å²) < 4.78 is 0. The van der Waals surface area contributed by atoms with E-state index < -0.39 is 0 Å². The average Bonchev–Trinajstić information content (AvgIpc) is 2.11. The summed E-state index contributed by atoms with van der Waals surface area (Å²) in [7, 11) is 2.27. The van der Waals surface area contributed by atoms with E-state index in [4.69, 9.17) is 5.73 Å². The minimum atomic E-state index is 0.785. The van der Waals surface area contributed by atoms with Gasteiger partial charge in [0, 0.05) is 6.04 Å². The van der Waals surface area contributed by atoms with Crippen LogP contribution in [0.15, 0.2) is 0 Å². The lowest BCUT2D eigenvalue weighted by Crippen LogP contribution is -2.44. The topological polar surface area (TPSA) is 29.3 Å². The Labute approximate surface area is 88.8 Å². The fourth-order valence-electron chi connectivity index (χ4n) is 2.73. The van der Waals surface area contributed by atoms with E-state index in [0.717, 1.165) is 24.4 Å². The van der Waals surface area contributed by atoms with Crippen molar-refractivity contribution >= 4 is 0 Å². The minimum Gasteiger partial charge on any atom is -0.330 e. The Morgan fingerprint density at radius 1 is 1.43 bits per heavy atom. The number of nitrogens with zero attached hydrogens (tertiary/aromatic N) is 1. The number of likely N-dealkylation sites (tertiary alicyclic amines) is 1. The summed E-state index contributed by atoms with van der Waals surface area (Å²) in [6, 6.07) is 0.785. The van der Waals surface area contributed by atoms with Crippen LogP contribution in [0.25, 0.3) is 0 Å². The lowest BCUT2D eigenvalue weighted by Gasteiger charge is -2.40. The molecule has 0 amide bonds. The van der Waals surface area contributed by atoms with Gasteiger partial charge in [-0.1, -0.05) is 13.8 Å². The maximum atomic E-state index is 5.68. The zero-order valence-electron chi connectivity index (χ0n) is 10.00. The molecule has 0 spiro atoms. The minimum absolute atomic E-state index is 0.785. The Balaban J connectivity index is 2.51. The highest BCUT2D eigenvalue weighted by molar-refractivity contribution is 4.83. The third-order valence-corrected chi connectivity index (χ3v) is 3.45. The Kier molecular flexibility index (Phi) is 4.90. The third-order valence-electron chi connectivity index (χ3n) is 3.45. The van der Waals surface area contributed by atoms with Crippen LogP contribution in [0.1, 0.15) is 39.5 Å². The van der Waals surface area contributed by atoms with E-state index in [0.29, 0.717) is 0 Å². The van der Waals surface area contributed by atoms with Gasteiger partial charge < -0.3 is 10.6 Å². The molecule has 1 saturated heterocycles. The van der Waals surface area contributed by atoms with E-state index in [2.05, 4.69) is 25.8 Å². The molecule has 0 bridgehead atoms. The smallest absolute Gasteiger partial charge is 0.0123 e. The molecule has 0 radical (unpaired) electrons. The third kappa shape index (κ3) is 3.25. The zero-order chi connectivity index (χ0) is 10.6. The van der Waals surface area contributed by atoms with Gasteiger partial charge in [-0.2, -0.15) is 0 Å². The van der Waals surface area contributed by atoms with Crippen LogP contribution in [0.2, 0.25) is 0 Å². The van der Waals surface area contributed by atoms with Crippen LogP contribution in [0.5, 0.6) is 0 Å². The number of hydrogen-bond acceptors (Lipinski definition) is 2. The molecule has 2 unspecified atom stereocenters. The largest absolute Gasteiger partial charge is 0.330 e. The second-order valence-electron chi connectivity index (χ2n) is 5.16. The van der Waals surface area contributed by atoms with Gasteiger partial charge in [0.15, 0.2) is 0 Å². The van der Waals surface area contributed by atoms with Crippen molar-refractivity contribution in [1.29, 1.82) is 0 Å². The summed E-state index contributed by atoms with van der Waals surface area (Å²) in [6.07, 6.45) is 5.29. The normalized spacial score (nSPS) is 29.8. The van der Waals surface area contributed by atoms with Crippen LogP contribution in [0, 0.1) is 11.8 Å². The van der Waals surface area contributed by atoms with Crippen LogP contribution in [-0.4, -0.2) is 31.1 Å². The number of hydrogen-bond donors (Lipinski definition) is 1. The van der Waals surface area contributed by atoms with Gasteiger partial charge in [-0.15, -0.1) is 0 Å². The maximum absolute atomic E-state index is 5.68. The first-order valence-electron chi connectivity index (χ1n) is 6.05. The zero-order valence-corrected chi connectivity index (χ0v) is 10.00. The van der Waals surface area contributed by atoms with Crippen molar-refractivity contribution < 1.29 is 0 Å². The fraction of sp³-hybridized carbons (Fsp3) is 1.00. The van der Waals surface area contributed by atoms with Crippen LogP contribution in [0.4, 0.5) is 0 Å². The van der Waals surface area contributed by atoms with E-state index in [1.165, 1.54) is 32.2 Å². The first-order chi connectivity index (χ1) is 6.65. The molecule has 84 valence electrons. The highest BCUT2D eigenvalue weighted by Gasteiger charge is 2.28. The SMILES string of the molecule is CC(C)CC1C(CCN)CCCN1C. The molecule has 2 atom stereocenters. The quantitative estimate of drug-likeness (QED) is 0.749. The molecule has 2 nitrogen and oxygen atoms in total. The Morgan fingerprint density at radius 3 is 2.71 bits per heavy atom. The predicted molar refractivity (Wildman–Crippen MR) is 62.3 cm³/mol. The van der Waals surface area contributed by atoms with Crippen molar-refractivity contribution in [1.82, 2.24) is 4.90 Å². The summed E-state index contributed by atoms with van der Waals surface area (Å²) in [5.41, 5.74) is 5.68. The van der Waals surface area contributed by atoms with Crippen molar-refractivity contribution in [3.8, 4) is 0 Å². The van der Waals surface area contributed by atoms with Crippen LogP contribution in [-0.2, 0) is 0 Å². The first kappa shape index (κ1) is 12.0. The van der Waals surface area contributed by atoms with Gasteiger partial charge in [0.05, 0.1) is 0 Å². The van der Waals surface area contributed by atoms with Crippen LogP contribution >= 0.6 is 0 Å². The second kappa shape index (κ2) is 5.72. The number of piperidine rings is 1. The van der Waals surface area contributed by atoms with Crippen molar-refractivity contribution in [3.05, 3.63) is 0 Å². The first-order valence-corrected chi connectivity index (χ1v) is 6.05. The van der Waals surface area contributed by atoms with Crippen LogP contribution in [0.3, 0.4) is 0 Å². The molecule has 0 aromatic heterocycles. The summed E-state index contributed by atoms with van der Waals surface area (Å²) in [4.78, 5) is 2.55. The Hall–Kier alpha value is -0.0800. The molecule has 1 aliphatic heterocycles. The predicted octanol–water partition coefficient (Wildman–Crippen LogP) is 2.09. The molecule has 0 aliphatic carbocycles. The molecule has 1 rings (SSSR count). The molecule has 1 heterocycles. The number of rotatable bonds is 4. The summed E-state index contributed by atoms with van der Waals surface area (Å²) in [6.45, 7) is 6.77. The molecule has 1 aliphatic rings. The van der Waals surface area contributed by atoms with Gasteiger partial charge in [0.2, 0.25) is 0 Å². The van der Waals surface area contributed by atoms with Crippen molar-refractivity contribution in [2.24, 2.45) is 17.6 Å². The van der Waals surface area contributed by atoms with E-state index in [1.807, 2.05) is 0 Å². The molecular weight excluding hydrogens is 172 g/mol. The molecular formula is C12H26N2. The molecule has 0 saturated carbocycles. The molecule has 2 heteroatoms. The maximum Gasteiger partial charge on any atom is 0.0123 e. The van der Waals surface area contributed by atoms with Gasteiger partial charge in [0.25, 0.3) is 0 Å². The van der Waals surface area contributed by atoms with Crippen LogP contribution < -0.4 is 5.73 Å². The van der Waals surface area contributed by atoms with Crippen molar-refractivity contribution in [2.45, 2.75) is 45.6 Å². The fourth-order valence-corrected chi connectivity index (χ4v) is 2.73. The number of nitrogens with two attached hydrogens (primary N) is 1. The lowest BCUT2D eigenvalue weighted by atomic mass is 9.82. The van der Waals surface area contributed by atoms with Gasteiger partial charge in [-0.25, -0.2) is 0 Å².